The summed E-state index contributed by atoms with van der Waals surface area (Å²) in [6.45, 7) is 0.369. The largest absolute Gasteiger partial charge is 0.481 e. The SMILES string of the molecule is CCC1(C(=O)NC(CC(=O)O)C(=O)CF)CC(c2cc3ccccc3s2)=NO1. The molecule has 0 fully saturated rings. The number of amides is 1. The van der Waals surface area contributed by atoms with Crippen molar-refractivity contribution >= 4 is 44.8 Å². The van der Waals surface area contributed by atoms with E-state index in [2.05, 4.69) is 10.5 Å². The smallest absolute Gasteiger partial charge is 0.305 e. The fourth-order valence-electron chi connectivity index (χ4n) is 3.01. The highest BCUT2D eigenvalue weighted by molar-refractivity contribution is 7.20. The molecular formula is C19H19FN2O5S. The van der Waals surface area contributed by atoms with Crippen LogP contribution in [0.4, 0.5) is 4.39 Å². The van der Waals surface area contributed by atoms with Gasteiger partial charge in [-0.05, 0) is 23.9 Å². The zero-order valence-corrected chi connectivity index (χ0v) is 15.9. The van der Waals surface area contributed by atoms with Crippen LogP contribution in [0, 0.1) is 0 Å². The number of hydrogen-bond donors (Lipinski definition) is 2. The van der Waals surface area contributed by atoms with Crippen LogP contribution in [-0.4, -0.2) is 46.8 Å². The van der Waals surface area contributed by atoms with Gasteiger partial charge < -0.3 is 15.3 Å². The maximum Gasteiger partial charge on any atom is 0.305 e. The van der Waals surface area contributed by atoms with Crippen LogP contribution in [0.15, 0.2) is 35.5 Å². The van der Waals surface area contributed by atoms with Gasteiger partial charge in [-0.15, -0.1) is 11.3 Å². The molecule has 1 aromatic carbocycles. The summed E-state index contributed by atoms with van der Waals surface area (Å²) in [7, 11) is 0. The van der Waals surface area contributed by atoms with Crippen LogP contribution in [0.5, 0.6) is 0 Å². The van der Waals surface area contributed by atoms with E-state index in [9.17, 15) is 18.8 Å². The molecule has 9 heteroatoms. The number of fused-ring (bicyclic) bond motifs is 1. The summed E-state index contributed by atoms with van der Waals surface area (Å²) >= 11 is 1.52. The van der Waals surface area contributed by atoms with Crippen molar-refractivity contribution in [3.05, 3.63) is 35.2 Å². The zero-order chi connectivity index (χ0) is 20.3. The number of nitrogens with one attached hydrogen (secondary N) is 1. The second-order valence-electron chi connectivity index (χ2n) is 6.53. The zero-order valence-electron chi connectivity index (χ0n) is 15.1. The first-order chi connectivity index (χ1) is 13.4. The molecule has 2 heterocycles. The number of carbonyl (C=O) groups is 3. The molecule has 28 heavy (non-hydrogen) atoms. The summed E-state index contributed by atoms with van der Waals surface area (Å²) in [5.74, 6) is -2.99. The fraction of sp³-hybridized carbons (Fsp3) is 0.368. The standard InChI is InChI=1S/C19H19FN2O5S/c1-2-19(18(26)21-12(8-17(24)25)14(23)10-20)9-13(22-27-19)16-7-11-5-3-4-6-15(11)28-16/h3-7,12H,2,8-10H2,1H3,(H,21,26)(H,24,25). The van der Waals surface area contributed by atoms with E-state index in [4.69, 9.17) is 9.94 Å². The molecule has 1 amide bonds. The molecule has 0 bridgehead atoms. The first-order valence-electron chi connectivity index (χ1n) is 8.74. The van der Waals surface area contributed by atoms with Crippen molar-refractivity contribution in [2.45, 2.75) is 37.8 Å². The number of alkyl halides is 1. The average molecular weight is 406 g/mol. The summed E-state index contributed by atoms with van der Waals surface area (Å²) in [6.07, 6.45) is -0.273. The van der Waals surface area contributed by atoms with Crippen LogP contribution >= 0.6 is 11.3 Å². The van der Waals surface area contributed by atoms with Gasteiger partial charge in [-0.1, -0.05) is 30.3 Å². The molecule has 1 aliphatic heterocycles. The molecule has 1 aromatic heterocycles. The Morgan fingerprint density at radius 2 is 2.14 bits per heavy atom. The van der Waals surface area contributed by atoms with E-state index in [1.165, 1.54) is 11.3 Å². The Hall–Kier alpha value is -2.81. The molecule has 0 saturated heterocycles. The third kappa shape index (κ3) is 3.89. The first kappa shape index (κ1) is 19.9. The van der Waals surface area contributed by atoms with Gasteiger partial charge in [-0.3, -0.25) is 14.4 Å². The van der Waals surface area contributed by atoms with E-state index in [0.29, 0.717) is 5.71 Å². The normalized spacial score (nSPS) is 19.7. The highest BCUT2D eigenvalue weighted by atomic mass is 32.1. The highest BCUT2D eigenvalue weighted by Crippen LogP contribution is 2.34. The number of ketones is 1. The Kier molecular flexibility index (Phi) is 5.73. The van der Waals surface area contributed by atoms with E-state index in [1.54, 1.807) is 6.92 Å². The van der Waals surface area contributed by atoms with E-state index in [0.717, 1.165) is 15.0 Å². The van der Waals surface area contributed by atoms with Gasteiger partial charge >= 0.3 is 5.97 Å². The van der Waals surface area contributed by atoms with E-state index in [-0.39, 0.29) is 12.8 Å². The Morgan fingerprint density at radius 3 is 2.79 bits per heavy atom. The van der Waals surface area contributed by atoms with Gasteiger partial charge in [0.25, 0.3) is 5.91 Å². The number of halogens is 1. The van der Waals surface area contributed by atoms with Crippen molar-refractivity contribution < 1.29 is 28.7 Å². The van der Waals surface area contributed by atoms with Crippen molar-refractivity contribution in [3.63, 3.8) is 0 Å². The van der Waals surface area contributed by atoms with Gasteiger partial charge in [0.15, 0.2) is 5.78 Å². The molecule has 0 aliphatic carbocycles. The van der Waals surface area contributed by atoms with Crippen LogP contribution in [0.3, 0.4) is 0 Å². The van der Waals surface area contributed by atoms with Gasteiger partial charge in [0.1, 0.15) is 18.4 Å². The summed E-state index contributed by atoms with van der Waals surface area (Å²) in [5, 5.41) is 16.4. The molecule has 0 saturated carbocycles. The molecule has 2 unspecified atom stereocenters. The molecule has 2 atom stereocenters. The van der Waals surface area contributed by atoms with Gasteiger partial charge in [0.2, 0.25) is 5.60 Å². The lowest BCUT2D eigenvalue weighted by Crippen LogP contribution is -2.53. The second kappa shape index (κ2) is 8.05. The number of benzene rings is 1. The monoisotopic (exact) mass is 406 g/mol. The lowest BCUT2D eigenvalue weighted by atomic mass is 9.92. The topological polar surface area (TPSA) is 105 Å². The number of rotatable bonds is 8. The van der Waals surface area contributed by atoms with Crippen LogP contribution < -0.4 is 5.32 Å². The molecule has 0 spiro atoms. The Balaban J connectivity index is 1.77. The predicted octanol–water partition coefficient (Wildman–Crippen LogP) is 2.67. The van der Waals surface area contributed by atoms with Crippen molar-refractivity contribution in [1.82, 2.24) is 5.32 Å². The summed E-state index contributed by atoms with van der Waals surface area (Å²) in [5.41, 5.74) is -0.761. The number of carboxylic acid groups (broad SMARTS) is 1. The molecule has 1 aliphatic rings. The van der Waals surface area contributed by atoms with Crippen LogP contribution in [0.2, 0.25) is 0 Å². The van der Waals surface area contributed by atoms with E-state index < -0.39 is 42.4 Å². The van der Waals surface area contributed by atoms with Crippen molar-refractivity contribution in [2.75, 3.05) is 6.67 Å². The molecule has 3 rings (SSSR count). The molecule has 148 valence electrons. The summed E-state index contributed by atoms with van der Waals surface area (Å²) in [6, 6.07) is 8.34. The molecule has 2 N–H and O–H groups in total. The number of hydrogen-bond acceptors (Lipinski definition) is 6. The summed E-state index contributed by atoms with van der Waals surface area (Å²) in [4.78, 5) is 41.7. The van der Waals surface area contributed by atoms with Crippen molar-refractivity contribution in [2.24, 2.45) is 5.16 Å². The minimum Gasteiger partial charge on any atom is -0.481 e. The van der Waals surface area contributed by atoms with Gasteiger partial charge in [-0.25, -0.2) is 4.39 Å². The lowest BCUT2D eigenvalue weighted by molar-refractivity contribution is -0.148. The summed E-state index contributed by atoms with van der Waals surface area (Å²) < 4.78 is 13.8. The van der Waals surface area contributed by atoms with E-state index in [1.807, 2.05) is 30.3 Å². The van der Waals surface area contributed by atoms with Crippen molar-refractivity contribution in [1.29, 1.82) is 0 Å². The van der Waals surface area contributed by atoms with Crippen LogP contribution in [-0.2, 0) is 19.2 Å². The van der Waals surface area contributed by atoms with Gasteiger partial charge in [0.05, 0.1) is 11.3 Å². The van der Waals surface area contributed by atoms with Gasteiger partial charge in [-0.2, -0.15) is 0 Å². The average Bonchev–Trinajstić information content (AvgIpc) is 3.31. The Bertz CT molecular complexity index is 924. The quantitative estimate of drug-likeness (QED) is 0.701. The number of thiophene rings is 1. The number of Topliss-reactive ketones (excluding diaryl/α,β-unsaturated/α-hetero) is 1. The Morgan fingerprint density at radius 1 is 1.39 bits per heavy atom. The highest BCUT2D eigenvalue weighted by Gasteiger charge is 2.46. The fourth-order valence-corrected chi connectivity index (χ4v) is 4.05. The maximum atomic E-state index is 12.8. The second-order valence-corrected chi connectivity index (χ2v) is 7.61. The Labute approximate surface area is 164 Å². The minimum atomic E-state index is -1.45. The maximum absolute atomic E-state index is 12.8. The predicted molar refractivity (Wildman–Crippen MR) is 102 cm³/mol. The van der Waals surface area contributed by atoms with Crippen LogP contribution in [0.25, 0.3) is 10.1 Å². The molecular weight excluding hydrogens is 387 g/mol. The number of aliphatic carboxylic acids is 1. The number of oxime groups is 1. The first-order valence-corrected chi connectivity index (χ1v) is 9.55. The molecule has 7 nitrogen and oxygen atoms in total. The third-order valence-corrected chi connectivity index (χ3v) is 5.85. The third-order valence-electron chi connectivity index (χ3n) is 4.68. The van der Waals surface area contributed by atoms with Crippen molar-refractivity contribution in [3.8, 4) is 0 Å². The number of carboxylic acids is 1. The number of carbonyl (C=O) groups excluding carboxylic acids is 2. The van der Waals surface area contributed by atoms with Crippen LogP contribution in [0.1, 0.15) is 31.1 Å². The number of nitrogens with zero attached hydrogens (tertiary/aromatic N) is 1. The molecule has 2 aromatic rings. The molecule has 0 radical (unpaired) electrons. The van der Waals surface area contributed by atoms with E-state index >= 15 is 0 Å². The van der Waals surface area contributed by atoms with Gasteiger partial charge in [0, 0.05) is 11.1 Å². The minimum absolute atomic E-state index is 0.172. The lowest BCUT2D eigenvalue weighted by Gasteiger charge is -2.26.